The van der Waals surface area contributed by atoms with E-state index < -0.39 is 0 Å². The number of carbonyl (C=O) groups excluding carboxylic acids is 1. The average Bonchev–Trinajstić information content (AvgIpc) is 3.55. The van der Waals surface area contributed by atoms with Gasteiger partial charge in [0.25, 0.3) is 0 Å². The summed E-state index contributed by atoms with van der Waals surface area (Å²) in [6.07, 6.45) is 7.44. The van der Waals surface area contributed by atoms with Crippen LogP contribution in [0.3, 0.4) is 0 Å². The highest BCUT2D eigenvalue weighted by atomic mass is 16.1. The lowest BCUT2D eigenvalue weighted by atomic mass is 9.83. The smallest absolute Gasteiger partial charge is 0.224 e. The summed E-state index contributed by atoms with van der Waals surface area (Å²) in [6.45, 7) is 6.36. The van der Waals surface area contributed by atoms with Gasteiger partial charge in [-0.25, -0.2) is 0 Å². The van der Waals surface area contributed by atoms with Crippen molar-refractivity contribution in [2.75, 3.05) is 26.2 Å². The van der Waals surface area contributed by atoms with Gasteiger partial charge in [0.1, 0.15) is 0 Å². The Hall–Kier alpha value is -1.35. The number of nitrogens with one attached hydrogen (secondary N) is 1. The van der Waals surface area contributed by atoms with Crippen molar-refractivity contribution in [3.05, 3.63) is 35.4 Å². The summed E-state index contributed by atoms with van der Waals surface area (Å²) in [6, 6.07) is 9.11. The molecule has 2 saturated carbocycles. The fourth-order valence-electron chi connectivity index (χ4n) is 4.17. The third kappa shape index (κ3) is 4.63. The Morgan fingerprint density at radius 2 is 1.80 bits per heavy atom. The quantitative estimate of drug-likeness (QED) is 0.823. The first kappa shape index (κ1) is 17.1. The number of benzene rings is 1. The molecule has 3 fully saturated rings. The molecular formula is C22H32N2O. The second kappa shape index (κ2) is 7.49. The molecule has 0 spiro atoms. The summed E-state index contributed by atoms with van der Waals surface area (Å²) < 4.78 is 0. The summed E-state index contributed by atoms with van der Waals surface area (Å²) >= 11 is 0. The summed E-state index contributed by atoms with van der Waals surface area (Å²) in [7, 11) is 0. The third-order valence-corrected chi connectivity index (χ3v) is 6.23. The van der Waals surface area contributed by atoms with E-state index in [1.165, 1.54) is 43.4 Å². The maximum Gasteiger partial charge on any atom is 0.224 e. The fourth-order valence-corrected chi connectivity index (χ4v) is 4.17. The molecule has 1 amide bonds. The van der Waals surface area contributed by atoms with Crippen molar-refractivity contribution in [3.8, 4) is 0 Å². The lowest BCUT2D eigenvalue weighted by Crippen LogP contribution is -2.46. The van der Waals surface area contributed by atoms with E-state index in [9.17, 15) is 4.79 Å². The molecule has 0 bridgehead atoms. The van der Waals surface area contributed by atoms with E-state index >= 15 is 0 Å². The highest BCUT2D eigenvalue weighted by molar-refractivity contribution is 5.79. The minimum atomic E-state index is 0.155. The SMILES string of the molecule is CCc1ccc(C2CC(C(=O)NCC3CC3)CN(CC3CC3)C2)cc1. The zero-order chi connectivity index (χ0) is 17.2. The van der Waals surface area contributed by atoms with E-state index in [0.29, 0.717) is 11.8 Å². The Kier molecular flexibility index (Phi) is 5.12. The van der Waals surface area contributed by atoms with Crippen LogP contribution in [0.2, 0.25) is 0 Å². The molecule has 2 unspecified atom stereocenters. The van der Waals surface area contributed by atoms with E-state index in [1.54, 1.807) is 0 Å². The molecule has 1 aromatic rings. The summed E-state index contributed by atoms with van der Waals surface area (Å²) in [5.41, 5.74) is 2.81. The highest BCUT2D eigenvalue weighted by Gasteiger charge is 2.35. The Bertz CT molecular complexity index is 589. The molecule has 1 aliphatic heterocycles. The molecule has 2 aliphatic carbocycles. The van der Waals surface area contributed by atoms with Crippen molar-refractivity contribution < 1.29 is 4.79 Å². The Balaban J connectivity index is 1.43. The molecule has 1 N–H and O–H groups in total. The third-order valence-electron chi connectivity index (χ3n) is 6.23. The van der Waals surface area contributed by atoms with Crippen LogP contribution in [0.15, 0.2) is 24.3 Å². The molecule has 1 saturated heterocycles. The predicted molar refractivity (Wildman–Crippen MR) is 102 cm³/mol. The van der Waals surface area contributed by atoms with E-state index in [-0.39, 0.29) is 5.92 Å². The molecule has 25 heavy (non-hydrogen) atoms. The van der Waals surface area contributed by atoms with Gasteiger partial charge in [-0.3, -0.25) is 4.79 Å². The molecule has 3 nitrogen and oxygen atoms in total. The van der Waals surface area contributed by atoms with Crippen LogP contribution in [-0.4, -0.2) is 37.0 Å². The molecule has 3 aliphatic rings. The summed E-state index contributed by atoms with van der Waals surface area (Å²) in [4.78, 5) is 15.3. The molecule has 1 heterocycles. The van der Waals surface area contributed by atoms with E-state index in [4.69, 9.17) is 0 Å². The minimum absolute atomic E-state index is 0.155. The van der Waals surface area contributed by atoms with Crippen LogP contribution in [0.25, 0.3) is 0 Å². The molecular weight excluding hydrogens is 308 g/mol. The molecule has 4 rings (SSSR count). The second-order valence-corrected chi connectivity index (χ2v) is 8.58. The topological polar surface area (TPSA) is 32.3 Å². The normalized spacial score (nSPS) is 27.2. The monoisotopic (exact) mass is 340 g/mol. The molecule has 3 heteroatoms. The molecule has 136 valence electrons. The van der Waals surface area contributed by atoms with Crippen molar-refractivity contribution in [1.82, 2.24) is 10.2 Å². The Morgan fingerprint density at radius 3 is 2.44 bits per heavy atom. The molecule has 1 aromatic carbocycles. The van der Waals surface area contributed by atoms with Crippen molar-refractivity contribution in [2.24, 2.45) is 17.8 Å². The van der Waals surface area contributed by atoms with Gasteiger partial charge < -0.3 is 10.2 Å². The summed E-state index contributed by atoms with van der Waals surface area (Å²) in [5.74, 6) is 2.59. The van der Waals surface area contributed by atoms with Gasteiger partial charge in [0, 0.05) is 26.2 Å². The number of piperidine rings is 1. The minimum Gasteiger partial charge on any atom is -0.356 e. The number of hydrogen-bond acceptors (Lipinski definition) is 2. The molecule has 0 aromatic heterocycles. The van der Waals surface area contributed by atoms with Gasteiger partial charge in [0.2, 0.25) is 5.91 Å². The van der Waals surface area contributed by atoms with Gasteiger partial charge in [0.05, 0.1) is 5.92 Å². The number of nitrogens with zero attached hydrogens (tertiary/aromatic N) is 1. The van der Waals surface area contributed by atoms with Crippen molar-refractivity contribution >= 4 is 5.91 Å². The first-order valence-corrected chi connectivity index (χ1v) is 10.3. The number of aryl methyl sites for hydroxylation is 1. The predicted octanol–water partition coefficient (Wildman–Crippen LogP) is 3.59. The maximum absolute atomic E-state index is 12.7. The van der Waals surface area contributed by atoms with Crippen molar-refractivity contribution in [2.45, 2.75) is 51.4 Å². The summed E-state index contributed by atoms with van der Waals surface area (Å²) in [5, 5.41) is 3.23. The van der Waals surface area contributed by atoms with Gasteiger partial charge in [-0.05, 0) is 67.4 Å². The van der Waals surface area contributed by atoms with Gasteiger partial charge in [-0.15, -0.1) is 0 Å². The lowest BCUT2D eigenvalue weighted by Gasteiger charge is -2.37. The Labute approximate surface area is 152 Å². The van der Waals surface area contributed by atoms with Gasteiger partial charge >= 0.3 is 0 Å². The van der Waals surface area contributed by atoms with Crippen LogP contribution in [0.4, 0.5) is 0 Å². The number of hydrogen-bond donors (Lipinski definition) is 1. The van der Waals surface area contributed by atoms with Crippen LogP contribution in [-0.2, 0) is 11.2 Å². The number of carbonyl (C=O) groups is 1. The standard InChI is InChI=1S/C22H32N2O/c1-2-16-7-9-19(10-8-16)20-11-21(22(25)23-12-17-3-4-17)15-24(14-20)13-18-5-6-18/h7-10,17-18,20-21H,2-6,11-15H2,1H3,(H,23,25). The first-order chi connectivity index (χ1) is 12.2. The van der Waals surface area contributed by atoms with Crippen LogP contribution in [0, 0.1) is 17.8 Å². The largest absolute Gasteiger partial charge is 0.356 e. The van der Waals surface area contributed by atoms with Crippen molar-refractivity contribution in [3.63, 3.8) is 0 Å². The van der Waals surface area contributed by atoms with E-state index in [2.05, 4.69) is 41.4 Å². The second-order valence-electron chi connectivity index (χ2n) is 8.58. The van der Waals surface area contributed by atoms with Crippen molar-refractivity contribution in [1.29, 1.82) is 0 Å². The Morgan fingerprint density at radius 1 is 1.08 bits per heavy atom. The van der Waals surface area contributed by atoms with Crippen LogP contribution >= 0.6 is 0 Å². The lowest BCUT2D eigenvalue weighted by molar-refractivity contribution is -0.127. The maximum atomic E-state index is 12.7. The average molecular weight is 341 g/mol. The highest BCUT2D eigenvalue weighted by Crippen LogP contribution is 2.35. The molecule has 0 radical (unpaired) electrons. The molecule has 2 atom stereocenters. The van der Waals surface area contributed by atoms with Crippen LogP contribution in [0.1, 0.15) is 56.1 Å². The number of amides is 1. The van der Waals surface area contributed by atoms with E-state index in [0.717, 1.165) is 44.3 Å². The first-order valence-electron chi connectivity index (χ1n) is 10.3. The van der Waals surface area contributed by atoms with Crippen LogP contribution < -0.4 is 5.32 Å². The number of rotatable bonds is 7. The van der Waals surface area contributed by atoms with E-state index in [1.807, 2.05) is 0 Å². The zero-order valence-electron chi connectivity index (χ0n) is 15.5. The number of likely N-dealkylation sites (tertiary alicyclic amines) is 1. The van der Waals surface area contributed by atoms with Gasteiger partial charge in [-0.1, -0.05) is 31.2 Å². The van der Waals surface area contributed by atoms with Crippen LogP contribution in [0.5, 0.6) is 0 Å². The fraction of sp³-hybridized carbons (Fsp3) is 0.682. The van der Waals surface area contributed by atoms with Gasteiger partial charge in [0.15, 0.2) is 0 Å². The van der Waals surface area contributed by atoms with Gasteiger partial charge in [-0.2, -0.15) is 0 Å². The zero-order valence-corrected chi connectivity index (χ0v) is 15.5.